The van der Waals surface area contributed by atoms with Gasteiger partial charge in [0.05, 0.1) is 6.61 Å². The van der Waals surface area contributed by atoms with Gasteiger partial charge in [-0.2, -0.15) is 0 Å². The lowest BCUT2D eigenvalue weighted by molar-refractivity contribution is 0.0816. The van der Waals surface area contributed by atoms with Crippen LogP contribution < -0.4 is 0 Å². The van der Waals surface area contributed by atoms with E-state index in [4.69, 9.17) is 4.74 Å². The van der Waals surface area contributed by atoms with Crippen LogP contribution >= 0.6 is 11.8 Å². The summed E-state index contributed by atoms with van der Waals surface area (Å²) in [6.45, 7) is 6.42. The lowest BCUT2D eigenvalue weighted by atomic mass is 10.0. The molecule has 0 aromatic rings. The molecule has 15 heavy (non-hydrogen) atoms. The van der Waals surface area contributed by atoms with Crippen molar-refractivity contribution in [2.75, 3.05) is 19.0 Å². The number of rotatable bonds is 8. The normalized spacial score (nSPS) is 22.1. The predicted octanol–water partition coefficient (Wildman–Crippen LogP) is 4.10. The van der Waals surface area contributed by atoms with Crippen molar-refractivity contribution in [2.24, 2.45) is 11.8 Å². The minimum Gasteiger partial charge on any atom is -0.381 e. The van der Waals surface area contributed by atoms with Crippen LogP contribution in [-0.4, -0.2) is 19.0 Å². The summed E-state index contributed by atoms with van der Waals surface area (Å²) in [5, 5.41) is 2.20. The van der Waals surface area contributed by atoms with Crippen molar-refractivity contribution in [2.45, 2.75) is 39.5 Å². The molecular weight excluding hydrogens is 204 g/mol. The molecule has 2 unspecified atom stereocenters. The standard InChI is InChI=1S/C13H24OS/c1-3-5-6-12(4-2)9-14-10-13-7-8-15-11-13/h7-8,12-13H,3-6,9-11H2,1-2H3. The van der Waals surface area contributed by atoms with Gasteiger partial charge in [0.1, 0.15) is 0 Å². The Hall–Kier alpha value is 0.0500. The Kier molecular flexibility index (Phi) is 7.20. The van der Waals surface area contributed by atoms with Crippen molar-refractivity contribution in [3.05, 3.63) is 11.5 Å². The first-order valence-corrected chi connectivity index (χ1v) is 7.27. The maximum atomic E-state index is 5.80. The largest absolute Gasteiger partial charge is 0.381 e. The molecule has 0 spiro atoms. The number of thioether (sulfide) groups is 1. The van der Waals surface area contributed by atoms with E-state index in [1.165, 1.54) is 31.4 Å². The third-order valence-electron chi connectivity index (χ3n) is 2.99. The van der Waals surface area contributed by atoms with Gasteiger partial charge in [0.2, 0.25) is 0 Å². The zero-order valence-electron chi connectivity index (χ0n) is 10.1. The van der Waals surface area contributed by atoms with Crippen molar-refractivity contribution in [3.8, 4) is 0 Å². The molecule has 0 amide bonds. The summed E-state index contributed by atoms with van der Waals surface area (Å²) in [6, 6.07) is 0. The first-order valence-electron chi connectivity index (χ1n) is 6.22. The summed E-state index contributed by atoms with van der Waals surface area (Å²) in [7, 11) is 0. The first-order chi connectivity index (χ1) is 7.36. The summed E-state index contributed by atoms with van der Waals surface area (Å²) in [5.74, 6) is 2.66. The fourth-order valence-corrected chi connectivity index (χ4v) is 2.69. The van der Waals surface area contributed by atoms with Crippen LogP contribution in [0.15, 0.2) is 11.5 Å². The van der Waals surface area contributed by atoms with Gasteiger partial charge in [0.15, 0.2) is 0 Å². The molecule has 88 valence electrons. The topological polar surface area (TPSA) is 9.23 Å². The minimum atomic E-state index is 0.665. The van der Waals surface area contributed by atoms with Crippen LogP contribution in [0, 0.1) is 11.8 Å². The summed E-state index contributed by atoms with van der Waals surface area (Å²) in [5.41, 5.74) is 0. The SMILES string of the molecule is CCCCC(CC)COCC1C=CSC1. The van der Waals surface area contributed by atoms with E-state index in [1.54, 1.807) is 0 Å². The molecule has 0 saturated carbocycles. The molecule has 0 fully saturated rings. The maximum absolute atomic E-state index is 5.80. The highest BCUT2D eigenvalue weighted by molar-refractivity contribution is 8.02. The molecule has 0 radical (unpaired) electrons. The molecule has 1 aliphatic rings. The Morgan fingerprint density at radius 1 is 1.47 bits per heavy atom. The molecule has 0 saturated heterocycles. The van der Waals surface area contributed by atoms with Gasteiger partial charge < -0.3 is 4.74 Å². The Labute approximate surface area is 98.7 Å². The molecule has 0 bridgehead atoms. The van der Waals surface area contributed by atoms with Crippen molar-refractivity contribution in [1.82, 2.24) is 0 Å². The zero-order chi connectivity index (χ0) is 10.9. The average molecular weight is 228 g/mol. The molecule has 2 heteroatoms. The van der Waals surface area contributed by atoms with E-state index in [9.17, 15) is 0 Å². The van der Waals surface area contributed by atoms with Gasteiger partial charge in [0.25, 0.3) is 0 Å². The molecule has 0 N–H and O–H groups in total. The number of ether oxygens (including phenoxy) is 1. The van der Waals surface area contributed by atoms with Crippen molar-refractivity contribution >= 4 is 11.8 Å². The average Bonchev–Trinajstić information content (AvgIpc) is 2.76. The number of unbranched alkanes of at least 4 members (excludes halogenated alkanes) is 1. The maximum Gasteiger partial charge on any atom is 0.0537 e. The van der Waals surface area contributed by atoms with Gasteiger partial charge in [-0.1, -0.05) is 39.2 Å². The van der Waals surface area contributed by atoms with E-state index in [0.29, 0.717) is 5.92 Å². The van der Waals surface area contributed by atoms with E-state index in [-0.39, 0.29) is 0 Å². The van der Waals surface area contributed by atoms with Gasteiger partial charge in [0, 0.05) is 18.3 Å². The van der Waals surface area contributed by atoms with Crippen molar-refractivity contribution < 1.29 is 4.74 Å². The second-order valence-electron chi connectivity index (χ2n) is 4.38. The quantitative estimate of drug-likeness (QED) is 0.618. The van der Waals surface area contributed by atoms with Crippen molar-refractivity contribution in [1.29, 1.82) is 0 Å². The zero-order valence-corrected chi connectivity index (χ0v) is 10.9. The third-order valence-corrected chi connectivity index (χ3v) is 3.96. The molecule has 2 atom stereocenters. The van der Waals surface area contributed by atoms with E-state index < -0.39 is 0 Å². The van der Waals surface area contributed by atoms with Crippen LogP contribution in [0.3, 0.4) is 0 Å². The number of hydrogen-bond acceptors (Lipinski definition) is 2. The molecule has 1 aliphatic heterocycles. The summed E-state index contributed by atoms with van der Waals surface area (Å²) in [4.78, 5) is 0. The van der Waals surface area contributed by atoms with Crippen LogP contribution in [0.1, 0.15) is 39.5 Å². The van der Waals surface area contributed by atoms with Gasteiger partial charge in [-0.3, -0.25) is 0 Å². The van der Waals surface area contributed by atoms with Crippen molar-refractivity contribution in [3.63, 3.8) is 0 Å². The molecule has 0 aliphatic carbocycles. The third kappa shape index (κ3) is 5.62. The highest BCUT2D eigenvalue weighted by atomic mass is 32.2. The predicted molar refractivity (Wildman–Crippen MR) is 69.2 cm³/mol. The summed E-state index contributed by atoms with van der Waals surface area (Å²) < 4.78 is 5.80. The fourth-order valence-electron chi connectivity index (χ4n) is 1.79. The molecular formula is C13H24OS. The van der Waals surface area contributed by atoms with Gasteiger partial charge in [-0.15, -0.1) is 11.8 Å². The highest BCUT2D eigenvalue weighted by Gasteiger charge is 2.11. The molecule has 1 nitrogen and oxygen atoms in total. The molecule has 1 heterocycles. The van der Waals surface area contributed by atoms with Gasteiger partial charge >= 0.3 is 0 Å². The second kappa shape index (κ2) is 8.23. The highest BCUT2D eigenvalue weighted by Crippen LogP contribution is 2.21. The Balaban J connectivity index is 2.03. The minimum absolute atomic E-state index is 0.665. The Bertz CT molecular complexity index is 179. The number of hydrogen-bond donors (Lipinski definition) is 0. The molecule has 1 rings (SSSR count). The van der Waals surface area contributed by atoms with Gasteiger partial charge in [-0.25, -0.2) is 0 Å². The van der Waals surface area contributed by atoms with Crippen LogP contribution in [0.5, 0.6) is 0 Å². The molecule has 0 aromatic heterocycles. The van der Waals surface area contributed by atoms with Crippen LogP contribution in [-0.2, 0) is 4.74 Å². The van der Waals surface area contributed by atoms with E-state index in [0.717, 1.165) is 19.1 Å². The van der Waals surface area contributed by atoms with E-state index in [2.05, 4.69) is 25.3 Å². The monoisotopic (exact) mass is 228 g/mol. The summed E-state index contributed by atoms with van der Waals surface area (Å²) in [6.07, 6.45) is 7.52. The Morgan fingerprint density at radius 3 is 2.93 bits per heavy atom. The van der Waals surface area contributed by atoms with Crippen LogP contribution in [0.2, 0.25) is 0 Å². The second-order valence-corrected chi connectivity index (χ2v) is 5.31. The van der Waals surface area contributed by atoms with E-state index in [1.807, 2.05) is 11.8 Å². The molecule has 0 aromatic carbocycles. The van der Waals surface area contributed by atoms with Crippen LogP contribution in [0.25, 0.3) is 0 Å². The Morgan fingerprint density at radius 2 is 2.33 bits per heavy atom. The lowest BCUT2D eigenvalue weighted by Gasteiger charge is -2.16. The fraction of sp³-hybridized carbons (Fsp3) is 0.846. The van der Waals surface area contributed by atoms with Gasteiger partial charge in [-0.05, 0) is 17.7 Å². The lowest BCUT2D eigenvalue weighted by Crippen LogP contribution is -2.14. The van der Waals surface area contributed by atoms with E-state index >= 15 is 0 Å². The van der Waals surface area contributed by atoms with Crippen LogP contribution in [0.4, 0.5) is 0 Å². The first kappa shape index (κ1) is 13.1. The summed E-state index contributed by atoms with van der Waals surface area (Å²) >= 11 is 1.90. The smallest absolute Gasteiger partial charge is 0.0537 e.